The average Bonchev–Trinajstić information content (AvgIpc) is 3.29. The Kier molecular flexibility index (Phi) is 4.61. The van der Waals surface area contributed by atoms with E-state index in [1.54, 1.807) is 6.07 Å². The zero-order valence-electron chi connectivity index (χ0n) is 15.6. The van der Waals surface area contributed by atoms with Crippen LogP contribution in [0.3, 0.4) is 0 Å². The first kappa shape index (κ1) is 17.8. The molecule has 2 aliphatic rings. The normalized spacial score (nSPS) is 21.4. The maximum atomic E-state index is 13.5. The van der Waals surface area contributed by atoms with E-state index in [0.717, 1.165) is 54.1 Å². The van der Waals surface area contributed by atoms with Crippen molar-refractivity contribution in [3.63, 3.8) is 0 Å². The maximum Gasteiger partial charge on any atom is 0.123 e. The van der Waals surface area contributed by atoms with Gasteiger partial charge in [0.2, 0.25) is 0 Å². The van der Waals surface area contributed by atoms with Crippen molar-refractivity contribution in [1.29, 1.82) is 0 Å². The molecule has 2 N–H and O–H groups in total. The van der Waals surface area contributed by atoms with Crippen LogP contribution in [0.4, 0.5) is 10.1 Å². The molecule has 0 spiro atoms. The minimum atomic E-state index is -0.152. The quantitative estimate of drug-likeness (QED) is 0.626. The van der Waals surface area contributed by atoms with Crippen molar-refractivity contribution in [2.24, 2.45) is 5.92 Å². The molecular formula is C23H23ClFN3. The molecule has 0 amide bonds. The molecular weight excluding hydrogens is 373 g/mol. The van der Waals surface area contributed by atoms with Crippen LogP contribution in [0.15, 0.2) is 54.7 Å². The van der Waals surface area contributed by atoms with Crippen molar-refractivity contribution in [3.05, 3.63) is 71.1 Å². The van der Waals surface area contributed by atoms with E-state index >= 15 is 0 Å². The van der Waals surface area contributed by atoms with E-state index in [4.69, 9.17) is 11.6 Å². The van der Waals surface area contributed by atoms with E-state index in [2.05, 4.69) is 39.6 Å². The van der Waals surface area contributed by atoms with Gasteiger partial charge in [-0.05, 0) is 61.2 Å². The van der Waals surface area contributed by atoms with Gasteiger partial charge in [0.1, 0.15) is 5.82 Å². The number of nitrogens with zero attached hydrogens (tertiary/aromatic N) is 1. The van der Waals surface area contributed by atoms with E-state index in [-0.39, 0.29) is 5.82 Å². The van der Waals surface area contributed by atoms with Crippen LogP contribution in [0.2, 0.25) is 5.02 Å². The number of halogens is 2. The fourth-order valence-electron chi connectivity index (χ4n) is 4.56. The van der Waals surface area contributed by atoms with E-state index in [1.807, 2.05) is 18.2 Å². The zero-order valence-corrected chi connectivity index (χ0v) is 16.3. The summed E-state index contributed by atoms with van der Waals surface area (Å²) in [7, 11) is 0. The van der Waals surface area contributed by atoms with Crippen molar-refractivity contribution in [3.8, 4) is 0 Å². The van der Waals surface area contributed by atoms with Crippen LogP contribution >= 0.6 is 11.6 Å². The van der Waals surface area contributed by atoms with Gasteiger partial charge in [0.05, 0.1) is 5.52 Å². The predicted octanol–water partition coefficient (Wildman–Crippen LogP) is 5.31. The molecule has 5 heteroatoms. The number of benzene rings is 2. The summed E-state index contributed by atoms with van der Waals surface area (Å²) in [5.41, 5.74) is 4.67. The van der Waals surface area contributed by atoms with E-state index in [9.17, 15) is 4.39 Å². The highest BCUT2D eigenvalue weighted by atomic mass is 35.5. The highest BCUT2D eigenvalue weighted by molar-refractivity contribution is 6.31. The lowest BCUT2D eigenvalue weighted by molar-refractivity contribution is 0.483. The van der Waals surface area contributed by atoms with Crippen molar-refractivity contribution in [2.75, 3.05) is 18.4 Å². The topological polar surface area (TPSA) is 29.0 Å². The fourth-order valence-corrected chi connectivity index (χ4v) is 4.73. The monoisotopic (exact) mass is 395 g/mol. The lowest BCUT2D eigenvalue weighted by atomic mass is 9.93. The summed E-state index contributed by atoms with van der Waals surface area (Å²) in [6.07, 6.45) is 7.47. The van der Waals surface area contributed by atoms with Crippen LogP contribution in [-0.2, 0) is 6.42 Å². The first-order valence-electron chi connectivity index (χ1n) is 9.90. The molecule has 0 bridgehead atoms. The van der Waals surface area contributed by atoms with Gasteiger partial charge in [-0.3, -0.25) is 0 Å². The third kappa shape index (κ3) is 3.31. The van der Waals surface area contributed by atoms with Crippen LogP contribution in [0, 0.1) is 11.7 Å². The summed E-state index contributed by atoms with van der Waals surface area (Å²) in [4.78, 5) is 0. The summed E-state index contributed by atoms with van der Waals surface area (Å²) in [6, 6.07) is 13.6. The standard InChI is InChI=1S/C23H23ClFN3/c24-18-3-1-15-8-10-28(23(15)13-18)22-7-9-26-14-16(22)2-5-20-12-17-11-19(25)4-6-21(17)27-20/h1,3-4,6-8,10-11,13,16,20,26-27H,2,5,9,12,14H2. The number of aromatic nitrogens is 1. The molecule has 144 valence electrons. The lowest BCUT2D eigenvalue weighted by Crippen LogP contribution is -2.31. The Hall–Kier alpha value is -2.30. The summed E-state index contributed by atoms with van der Waals surface area (Å²) in [6.45, 7) is 1.86. The molecule has 1 aromatic heterocycles. The second-order valence-corrected chi connectivity index (χ2v) is 8.23. The van der Waals surface area contributed by atoms with Gasteiger partial charge in [0.15, 0.2) is 0 Å². The Morgan fingerprint density at radius 1 is 1.11 bits per heavy atom. The number of anilines is 1. The molecule has 3 heterocycles. The highest BCUT2D eigenvalue weighted by Gasteiger charge is 2.25. The Morgan fingerprint density at radius 2 is 2.04 bits per heavy atom. The minimum absolute atomic E-state index is 0.152. The third-order valence-corrected chi connectivity index (χ3v) is 6.19. The molecule has 0 radical (unpaired) electrons. The van der Waals surface area contributed by atoms with Gasteiger partial charge in [-0.15, -0.1) is 0 Å². The van der Waals surface area contributed by atoms with Crippen LogP contribution in [0.25, 0.3) is 16.6 Å². The number of hydrogen-bond donors (Lipinski definition) is 2. The first-order chi connectivity index (χ1) is 13.7. The summed E-state index contributed by atoms with van der Waals surface area (Å²) >= 11 is 6.25. The molecule has 3 aromatic rings. The molecule has 2 aromatic carbocycles. The Bertz CT molecular complexity index is 1060. The van der Waals surface area contributed by atoms with Gasteiger partial charge in [-0.2, -0.15) is 0 Å². The van der Waals surface area contributed by atoms with Crippen molar-refractivity contribution in [2.45, 2.75) is 25.3 Å². The second-order valence-electron chi connectivity index (χ2n) is 7.80. The molecule has 28 heavy (non-hydrogen) atoms. The van der Waals surface area contributed by atoms with Gasteiger partial charge in [0, 0.05) is 53.0 Å². The molecule has 0 saturated carbocycles. The largest absolute Gasteiger partial charge is 0.382 e. The van der Waals surface area contributed by atoms with Gasteiger partial charge in [0.25, 0.3) is 0 Å². The van der Waals surface area contributed by atoms with Crippen LogP contribution in [0.5, 0.6) is 0 Å². The van der Waals surface area contributed by atoms with E-state index in [1.165, 1.54) is 17.1 Å². The average molecular weight is 396 g/mol. The molecule has 2 atom stereocenters. The molecule has 2 unspecified atom stereocenters. The van der Waals surface area contributed by atoms with E-state index < -0.39 is 0 Å². The smallest absolute Gasteiger partial charge is 0.123 e. The number of fused-ring (bicyclic) bond motifs is 2. The van der Waals surface area contributed by atoms with Crippen molar-refractivity contribution < 1.29 is 4.39 Å². The first-order valence-corrected chi connectivity index (χ1v) is 10.3. The van der Waals surface area contributed by atoms with Crippen LogP contribution < -0.4 is 10.6 Å². The van der Waals surface area contributed by atoms with Crippen molar-refractivity contribution >= 4 is 33.9 Å². The predicted molar refractivity (Wildman–Crippen MR) is 114 cm³/mol. The van der Waals surface area contributed by atoms with Crippen molar-refractivity contribution in [1.82, 2.24) is 9.88 Å². The second kappa shape index (κ2) is 7.26. The molecule has 0 aliphatic carbocycles. The SMILES string of the molecule is Fc1ccc2c(c1)CC(CCC1CNCC=C1n1ccc3ccc(Cl)cc31)N2. The summed E-state index contributed by atoms with van der Waals surface area (Å²) < 4.78 is 15.8. The van der Waals surface area contributed by atoms with Crippen LogP contribution in [-0.4, -0.2) is 23.7 Å². The summed E-state index contributed by atoms with van der Waals surface area (Å²) in [5.74, 6) is 0.284. The fraction of sp³-hybridized carbons (Fsp3) is 0.304. The summed E-state index contributed by atoms with van der Waals surface area (Å²) in [5, 5.41) is 9.03. The Balaban J connectivity index is 1.33. The molecule has 0 saturated heterocycles. The van der Waals surface area contributed by atoms with Gasteiger partial charge in [-0.1, -0.05) is 23.7 Å². The maximum absolute atomic E-state index is 13.5. The third-order valence-electron chi connectivity index (χ3n) is 5.95. The zero-order chi connectivity index (χ0) is 19.1. The molecule has 2 aliphatic heterocycles. The Morgan fingerprint density at radius 3 is 2.96 bits per heavy atom. The number of nitrogens with one attached hydrogen (secondary N) is 2. The molecule has 5 rings (SSSR count). The van der Waals surface area contributed by atoms with Crippen LogP contribution in [0.1, 0.15) is 18.4 Å². The van der Waals surface area contributed by atoms with Gasteiger partial charge < -0.3 is 15.2 Å². The lowest BCUT2D eigenvalue weighted by Gasteiger charge is -2.27. The highest BCUT2D eigenvalue weighted by Crippen LogP contribution is 2.33. The Labute approximate surface area is 169 Å². The molecule has 0 fully saturated rings. The molecule has 3 nitrogen and oxygen atoms in total. The number of rotatable bonds is 4. The number of hydrogen-bond acceptors (Lipinski definition) is 2. The van der Waals surface area contributed by atoms with Gasteiger partial charge >= 0.3 is 0 Å². The van der Waals surface area contributed by atoms with Gasteiger partial charge in [-0.25, -0.2) is 4.39 Å². The minimum Gasteiger partial charge on any atom is -0.382 e. The van der Waals surface area contributed by atoms with E-state index in [0.29, 0.717) is 12.0 Å².